The van der Waals surface area contributed by atoms with E-state index in [4.69, 9.17) is 103 Å². The van der Waals surface area contributed by atoms with Crippen LogP contribution in [-0.4, -0.2) is 218 Å². The summed E-state index contributed by atoms with van der Waals surface area (Å²) in [5.74, 6) is 1.78. The second-order valence-electron chi connectivity index (χ2n) is 32.4. The van der Waals surface area contributed by atoms with Crippen molar-refractivity contribution in [1.29, 1.82) is 0 Å². The van der Waals surface area contributed by atoms with Crippen molar-refractivity contribution in [1.82, 2.24) is 44.4 Å². The Kier molecular flexibility index (Phi) is 45.8. The zero-order chi connectivity index (χ0) is 95.0. The van der Waals surface area contributed by atoms with Crippen LogP contribution in [0.25, 0.3) is 55.1 Å². The Labute approximate surface area is 818 Å². The number of anilines is 6. The van der Waals surface area contributed by atoms with Crippen LogP contribution in [0.15, 0.2) is 187 Å². The number of ether oxygens (including phenoxy) is 4. The molecule has 12 aromatic rings. The molecule has 0 atom stereocenters. The van der Waals surface area contributed by atoms with Crippen molar-refractivity contribution in [3.05, 3.63) is 234 Å². The number of aromatic nitrogens is 5. The van der Waals surface area contributed by atoms with Gasteiger partial charge in [-0.3, -0.25) is 54.2 Å². The van der Waals surface area contributed by atoms with Crippen LogP contribution in [0.2, 0.25) is 10.3 Å². The van der Waals surface area contributed by atoms with E-state index in [-0.39, 0.29) is 87.7 Å². The third-order valence-electron chi connectivity index (χ3n) is 22.4. The summed E-state index contributed by atoms with van der Waals surface area (Å²) < 4.78 is 23.0. The first kappa shape index (κ1) is 108. The third kappa shape index (κ3) is 36.0. The van der Waals surface area contributed by atoms with Crippen LogP contribution < -0.4 is 75.9 Å². The van der Waals surface area contributed by atoms with E-state index in [1.165, 1.54) is 160 Å². The minimum atomic E-state index is -1.03. The molecule has 4 aromatic heterocycles. The molecule has 0 aliphatic carbocycles. The number of carboxylic acids is 2. The van der Waals surface area contributed by atoms with Crippen molar-refractivity contribution in [3.8, 4) is 40.1 Å². The molecule has 38 heteroatoms. The first-order valence-corrected chi connectivity index (χ1v) is 46.1. The maximum absolute atomic E-state index is 12.7. The van der Waals surface area contributed by atoms with E-state index in [1.807, 2.05) is 109 Å². The van der Waals surface area contributed by atoms with Crippen LogP contribution in [0.3, 0.4) is 0 Å². The van der Waals surface area contributed by atoms with Gasteiger partial charge < -0.3 is 95.5 Å². The molecule has 1 amide bonds. The van der Waals surface area contributed by atoms with E-state index >= 15 is 0 Å². The van der Waals surface area contributed by atoms with E-state index in [1.54, 1.807) is 42.5 Å². The van der Waals surface area contributed by atoms with E-state index < -0.39 is 21.8 Å². The van der Waals surface area contributed by atoms with Gasteiger partial charge in [0, 0.05) is 106 Å². The number of alkyl halides is 1. The summed E-state index contributed by atoms with van der Waals surface area (Å²) in [5.41, 5.74) is 35.1. The topological polar surface area (TPSA) is 482 Å². The maximum Gasteiger partial charge on any atom is 0.343 e. The molecule has 5 fully saturated rings. The molecule has 0 radical (unpaired) electrons. The molecule has 17 N–H and O–H groups in total. The number of hydrogen-bond acceptors (Lipinski definition) is 25. The molecule has 718 valence electrons. The van der Waals surface area contributed by atoms with Crippen LogP contribution in [0, 0.1) is 20.2 Å². The van der Waals surface area contributed by atoms with Crippen LogP contribution in [0.4, 0.5) is 45.5 Å². The molecule has 0 saturated carbocycles. The molecule has 17 rings (SSSR count). The number of pyridine rings is 3. The number of H-pyrrole nitrogens is 3. The fourth-order valence-corrected chi connectivity index (χ4v) is 16.0. The van der Waals surface area contributed by atoms with Gasteiger partial charge in [0.25, 0.3) is 34.0 Å². The average Bonchev–Trinajstić information content (AvgIpc) is 1.66. The summed E-state index contributed by atoms with van der Waals surface area (Å²) in [4.78, 5) is 94.9. The smallest absolute Gasteiger partial charge is 0.343 e. The molecular weight excluding hydrogens is 1860 g/mol. The number of nitro groups is 2. The van der Waals surface area contributed by atoms with E-state index in [0.717, 1.165) is 133 Å². The number of piperidine rings is 5. The fourth-order valence-electron chi connectivity index (χ4n) is 15.3. The van der Waals surface area contributed by atoms with Gasteiger partial charge in [-0.2, -0.15) is 4.98 Å². The Balaban J connectivity index is 0.000000198. The maximum atomic E-state index is 12.7. The summed E-state index contributed by atoms with van der Waals surface area (Å²) in [6, 6.07) is 52.4. The van der Waals surface area contributed by atoms with Crippen LogP contribution in [0.1, 0.15) is 124 Å². The number of imidazole rings is 1. The van der Waals surface area contributed by atoms with Crippen molar-refractivity contribution < 1.29 is 95.4 Å². The van der Waals surface area contributed by atoms with Gasteiger partial charge in [-0.1, -0.05) is 92.2 Å². The van der Waals surface area contributed by atoms with Crippen LogP contribution in [-0.2, 0) is 24.3 Å². The standard InChI is InChI=1S/C23H25ClN4O2.C23H24N4O2.C13H19N3O3.C13H21N3O.C10H6ClNO2.C7H14ClN.C6H6N2O3.C2H4O2.ClH.Zn/c24-22-18(14-16-6-2-3-7-20(16)26-22)23(29)27-21-9-8-17(15-19(21)25)30-13-12-28-10-4-1-5-11-28;28-23-18(14-16-6-2-3-7-19(16)26-23)22-24-20-9-8-17(15-21(20)25-22)29-13-12-27-10-4-1-5-11-27;14-12-5-4-11(10-13(12)16(17)18)19-9-8-15-6-2-1-3-7-15;14-12-5-4-11(10-13(12)15)17-9-8-16-6-2-1-3-7-16;11-9-7(10(13)14)5-6-3-1-2-4-8(6)12-9;8-4-7-9-5-2-1-3-6-9;7-5-2-1-4(9)3-6(5)8(10)11;1-2(3)4;;/h2-3,6-9,14-15H,1,4-5,10-13,25H2,(H,27,29);2-3,6-9,14-15H,1,4-5,10-13H2,(H,24,25)(H,26,28);4-5,10H,1-3,6-9,14H2;4-5,10H,1-3,6-9,14-15H2;1-5H,(H,13,14);1-7H2;1-3,9H,7H2;1H3,(H,3,4);1H;. The second-order valence-corrected chi connectivity index (χ2v) is 33.5. The zero-order valence-corrected chi connectivity index (χ0v) is 81.9. The van der Waals surface area contributed by atoms with Gasteiger partial charge in [0.1, 0.15) is 83.1 Å². The van der Waals surface area contributed by atoms with Gasteiger partial charge in [0.05, 0.1) is 72.4 Å². The molecule has 9 heterocycles. The number of nitrogens with one attached hydrogen (secondary N) is 4. The van der Waals surface area contributed by atoms with Gasteiger partial charge >= 0.3 is 5.97 Å². The predicted molar refractivity (Wildman–Crippen MR) is 527 cm³/mol. The third-order valence-corrected chi connectivity index (χ3v) is 23.2. The zero-order valence-electron chi connectivity index (χ0n) is 75.9. The number of carbonyl (C=O) groups excluding carboxylic acids is 1. The van der Waals surface area contributed by atoms with E-state index in [2.05, 4.69) is 54.7 Å². The summed E-state index contributed by atoms with van der Waals surface area (Å²) in [6.07, 6.45) is 19.7. The molecule has 135 heavy (non-hydrogen) atoms. The monoisotopic (exact) mass is 1980 g/mol. The summed E-state index contributed by atoms with van der Waals surface area (Å²) >= 11 is 17.6. The second kappa shape index (κ2) is 57.1. The number of para-hydroxylation sites is 3. The van der Waals surface area contributed by atoms with E-state index in [0.29, 0.717) is 77.6 Å². The normalized spacial score (nSPS) is 14.4. The number of likely N-dealkylation sites (tertiary alicyclic amines) is 5. The summed E-state index contributed by atoms with van der Waals surface area (Å²) in [6.45, 7) is 20.2. The van der Waals surface area contributed by atoms with Crippen molar-refractivity contribution in [2.75, 3.05) is 164 Å². The number of aromatic carboxylic acids is 1. The number of nitrogen functional groups attached to an aromatic ring is 5. The number of carbonyl (C=O) groups is 3. The number of aromatic hydroxyl groups is 1. The minimum absolute atomic E-state index is 0. The molecule has 5 saturated heterocycles. The molecule has 0 bridgehead atoms. The van der Waals surface area contributed by atoms with Gasteiger partial charge in [-0.25, -0.2) is 14.8 Å². The molecule has 0 unspecified atom stereocenters. The number of fused-ring (bicyclic) bond motifs is 4. The summed E-state index contributed by atoms with van der Waals surface area (Å²) in [7, 11) is 0. The molecule has 0 spiro atoms. The SMILES string of the molecule is CC(=O)O.ClCCN1CCCCC1.Nc1cc(OCCN2CCCCC2)ccc1NC(=O)c1cc2ccccc2nc1Cl.Nc1ccc(O)cc1[N+](=O)[O-].Nc1ccc(OCCN2CCCCC2)cc1N.Nc1ccc(OCCN2CCCCC2)cc1[N+](=O)[O-].O=C(O)c1cc2ccccc2[nH+]c1Cl.O=c1[nH]c2ccccc2cc1-c1nc2ccc(OCCN3CCCCC3)cc2[nH]1.[Cl-].[Zn]. The number of phenolic OH excluding ortho intramolecular Hbond substituents is 1. The fraction of sp³-hybridized carbons (Fsp3) is 0.371. The number of rotatable bonds is 24. The summed E-state index contributed by atoms with van der Waals surface area (Å²) in [5, 5.41) is 51.8. The number of nitro benzene ring substituents is 2. The van der Waals surface area contributed by atoms with Crippen LogP contribution >= 0.6 is 34.8 Å². The molecular formula is C97H120Cl4N18O15Zn. The molecule has 8 aromatic carbocycles. The number of hydrogen-bond donors (Lipinski definition) is 11. The quantitative estimate of drug-likeness (QED) is 0.00509. The Bertz CT molecular complexity index is 5850. The van der Waals surface area contributed by atoms with Crippen LogP contribution in [0.5, 0.6) is 28.7 Å². The number of aliphatic carboxylic acids is 1. The van der Waals surface area contributed by atoms with E-state index in [9.17, 15) is 34.6 Å². The predicted octanol–water partition coefficient (Wildman–Crippen LogP) is 14.0. The Morgan fingerprint density at radius 1 is 0.467 bits per heavy atom. The average molecular weight is 1990 g/mol. The van der Waals surface area contributed by atoms with Crippen molar-refractivity contribution in [3.63, 3.8) is 0 Å². The number of benzene rings is 8. The largest absolute Gasteiger partial charge is 1.00 e. The van der Waals surface area contributed by atoms with Crippen molar-refractivity contribution in [2.24, 2.45) is 0 Å². The van der Waals surface area contributed by atoms with Gasteiger partial charge in [-0.15, -0.1) is 11.6 Å². The number of aromatic amines is 3. The van der Waals surface area contributed by atoms with Gasteiger partial charge in [0.2, 0.25) is 5.52 Å². The number of carboxylic acid groups (broad SMARTS) is 2. The molecule has 5 aliphatic heterocycles. The Hall–Kier alpha value is -11.9. The van der Waals surface area contributed by atoms with Crippen molar-refractivity contribution >= 4 is 142 Å². The number of nitrogens with zero attached hydrogens (tertiary/aromatic N) is 9. The number of halogens is 4. The number of phenols is 1. The first-order chi connectivity index (χ1) is 64.2. The molecule has 5 aliphatic rings. The first-order valence-electron chi connectivity index (χ1n) is 44.8. The number of amides is 1. The minimum Gasteiger partial charge on any atom is -1.00 e. The Morgan fingerprint density at radius 3 is 1.38 bits per heavy atom. The van der Waals surface area contributed by atoms with Crippen molar-refractivity contribution in [2.45, 2.75) is 103 Å². The van der Waals surface area contributed by atoms with Gasteiger partial charge in [-0.05, 0) is 244 Å². The molecule has 33 nitrogen and oxygen atoms in total. The number of nitrogens with two attached hydrogens (primary N) is 5. The Morgan fingerprint density at radius 2 is 0.889 bits per heavy atom. The van der Waals surface area contributed by atoms with Gasteiger partial charge in [0.15, 0.2) is 0 Å².